The fraction of sp³-hybridized carbons (Fsp3) is 0.261. The maximum atomic E-state index is 4.26. The second-order valence-electron chi connectivity index (χ2n) is 7.67. The highest BCUT2D eigenvalue weighted by Gasteiger charge is 2.32. The van der Waals surface area contributed by atoms with Crippen LogP contribution in [0.5, 0.6) is 0 Å². The van der Waals surface area contributed by atoms with Crippen LogP contribution in [0, 0.1) is 0 Å². The van der Waals surface area contributed by atoms with Crippen LogP contribution < -0.4 is 0 Å². The second-order valence-corrected chi connectivity index (χ2v) is 7.67. The molecule has 2 aromatic heterocycles. The van der Waals surface area contributed by atoms with Crippen LogP contribution in [0.1, 0.15) is 30.0 Å². The average Bonchev–Trinajstić information content (AvgIpc) is 2.81. The van der Waals surface area contributed by atoms with Crippen molar-refractivity contribution in [3.05, 3.63) is 72.2 Å². The number of pyridine rings is 1. The first-order valence-corrected chi connectivity index (χ1v) is 9.57. The average molecular weight is 339 g/mol. The van der Waals surface area contributed by atoms with Crippen molar-refractivity contribution >= 4 is 21.7 Å². The number of hydrogen-bond donors (Lipinski definition) is 0. The summed E-state index contributed by atoms with van der Waals surface area (Å²) in [6.07, 6.45) is 6.39. The Morgan fingerprint density at radius 3 is 2.73 bits per heavy atom. The zero-order valence-corrected chi connectivity index (χ0v) is 14.7. The zero-order valence-electron chi connectivity index (χ0n) is 14.7. The van der Waals surface area contributed by atoms with Gasteiger partial charge in [0.05, 0.1) is 5.52 Å². The number of fused-ring (bicyclic) bond motifs is 4. The summed E-state index contributed by atoms with van der Waals surface area (Å²) in [5.74, 6) is 0.671. The molecule has 7 rings (SSSR count). The monoisotopic (exact) mass is 339 g/mol. The Bertz CT molecular complexity index is 1130. The lowest BCUT2D eigenvalue weighted by atomic mass is 9.94. The van der Waals surface area contributed by atoms with Gasteiger partial charge in [-0.15, -0.1) is 0 Å². The lowest BCUT2D eigenvalue weighted by Crippen LogP contribution is -2.29. The van der Waals surface area contributed by atoms with E-state index in [1.54, 1.807) is 11.3 Å². The van der Waals surface area contributed by atoms with E-state index in [9.17, 15) is 0 Å². The molecule has 0 unspecified atom stereocenters. The van der Waals surface area contributed by atoms with Crippen LogP contribution in [0.15, 0.2) is 60.9 Å². The molecule has 4 aromatic rings. The van der Waals surface area contributed by atoms with Gasteiger partial charge < -0.3 is 4.57 Å². The molecule has 3 heteroatoms. The molecule has 0 N–H and O–H groups in total. The highest BCUT2D eigenvalue weighted by Crippen LogP contribution is 2.42. The van der Waals surface area contributed by atoms with Crippen LogP contribution in [0.4, 0.5) is 0 Å². The van der Waals surface area contributed by atoms with Crippen molar-refractivity contribution in [2.45, 2.75) is 25.3 Å². The van der Waals surface area contributed by atoms with Gasteiger partial charge in [-0.3, -0.25) is 9.88 Å². The minimum atomic E-state index is 0.671. The van der Waals surface area contributed by atoms with E-state index in [-0.39, 0.29) is 0 Å². The van der Waals surface area contributed by atoms with Crippen LogP contribution in [-0.4, -0.2) is 27.5 Å². The molecule has 128 valence electrons. The molecular formula is C23H21N3. The Morgan fingerprint density at radius 1 is 0.923 bits per heavy atom. The third kappa shape index (κ3) is 2.01. The van der Waals surface area contributed by atoms with Crippen molar-refractivity contribution in [2.75, 3.05) is 13.1 Å². The quantitative estimate of drug-likeness (QED) is 0.493. The molecule has 0 atom stereocenters. The predicted molar refractivity (Wildman–Crippen MR) is 106 cm³/mol. The highest BCUT2D eigenvalue weighted by atomic mass is 15.1. The molecule has 3 nitrogen and oxygen atoms in total. The second kappa shape index (κ2) is 5.42. The van der Waals surface area contributed by atoms with Gasteiger partial charge in [0.25, 0.3) is 0 Å². The zero-order chi connectivity index (χ0) is 17.1. The summed E-state index contributed by atoms with van der Waals surface area (Å²) in [5, 5.41) is 3.88. The van der Waals surface area contributed by atoms with E-state index in [1.165, 1.54) is 53.3 Å². The summed E-state index contributed by atoms with van der Waals surface area (Å²) in [6, 6.07) is 17.8. The van der Waals surface area contributed by atoms with Crippen molar-refractivity contribution in [1.29, 1.82) is 0 Å². The fourth-order valence-corrected chi connectivity index (χ4v) is 5.00. The number of benzene rings is 2. The number of rotatable bonds is 1. The predicted octanol–water partition coefficient (Wildman–Crippen LogP) is 4.87. The largest absolute Gasteiger partial charge is 0.313 e. The smallest absolute Gasteiger partial charge is 0.0534 e. The molecule has 0 amide bonds. The molecule has 0 radical (unpaired) electrons. The van der Waals surface area contributed by atoms with Gasteiger partial charge >= 0.3 is 0 Å². The minimum absolute atomic E-state index is 0.671. The SMILES string of the molecule is c1ccc2c(c1)c1c(n2-c2ccc3cnccc3c2)C2CCN(CC2)C1. The van der Waals surface area contributed by atoms with Gasteiger partial charge in [-0.2, -0.15) is 0 Å². The van der Waals surface area contributed by atoms with E-state index < -0.39 is 0 Å². The summed E-state index contributed by atoms with van der Waals surface area (Å²) < 4.78 is 2.55. The van der Waals surface area contributed by atoms with E-state index in [0.29, 0.717) is 5.92 Å². The third-order valence-corrected chi connectivity index (χ3v) is 6.26. The standard InChI is InChI=1S/C23H21N3/c1-2-4-22-20(3-1)21-15-25-11-8-16(9-12-25)23(21)26(22)19-6-5-18-14-24-10-7-17(18)13-19/h1-7,10,13-14,16H,8-9,11-12,15H2. The molecule has 2 bridgehead atoms. The van der Waals surface area contributed by atoms with E-state index in [2.05, 4.69) is 63.0 Å². The molecule has 5 heterocycles. The van der Waals surface area contributed by atoms with Gasteiger partial charge in [-0.25, -0.2) is 0 Å². The molecule has 3 aliphatic rings. The third-order valence-electron chi connectivity index (χ3n) is 6.26. The summed E-state index contributed by atoms with van der Waals surface area (Å²) in [4.78, 5) is 6.89. The van der Waals surface area contributed by atoms with Crippen molar-refractivity contribution in [3.8, 4) is 5.69 Å². The van der Waals surface area contributed by atoms with Gasteiger partial charge in [0.15, 0.2) is 0 Å². The molecule has 1 saturated heterocycles. The molecule has 0 spiro atoms. The van der Waals surface area contributed by atoms with E-state index >= 15 is 0 Å². The Balaban J connectivity index is 1.69. The molecule has 0 saturated carbocycles. The topological polar surface area (TPSA) is 21.1 Å². The van der Waals surface area contributed by atoms with Crippen LogP contribution in [0.3, 0.4) is 0 Å². The maximum Gasteiger partial charge on any atom is 0.0534 e. The first-order valence-electron chi connectivity index (χ1n) is 9.57. The number of piperidine rings is 1. The molecule has 3 aliphatic heterocycles. The summed E-state index contributed by atoms with van der Waals surface area (Å²) in [7, 11) is 0. The molecule has 0 aliphatic carbocycles. The van der Waals surface area contributed by atoms with Gasteiger partial charge in [0.2, 0.25) is 0 Å². The van der Waals surface area contributed by atoms with Gasteiger partial charge in [0.1, 0.15) is 0 Å². The molecule has 2 aromatic carbocycles. The number of aromatic nitrogens is 2. The van der Waals surface area contributed by atoms with Crippen LogP contribution >= 0.6 is 0 Å². The van der Waals surface area contributed by atoms with E-state index in [1.807, 2.05) is 12.4 Å². The summed E-state index contributed by atoms with van der Waals surface area (Å²) in [5.41, 5.74) is 5.73. The van der Waals surface area contributed by atoms with Gasteiger partial charge in [0, 0.05) is 47.0 Å². The molecule has 1 fully saturated rings. The van der Waals surface area contributed by atoms with Gasteiger partial charge in [-0.05, 0) is 61.1 Å². The lowest BCUT2D eigenvalue weighted by Gasteiger charge is -2.27. The van der Waals surface area contributed by atoms with Crippen LogP contribution in [0.25, 0.3) is 27.4 Å². The first kappa shape index (κ1) is 14.5. The summed E-state index contributed by atoms with van der Waals surface area (Å²) in [6.45, 7) is 3.56. The van der Waals surface area contributed by atoms with Crippen molar-refractivity contribution < 1.29 is 0 Å². The minimum Gasteiger partial charge on any atom is -0.313 e. The van der Waals surface area contributed by atoms with Crippen molar-refractivity contribution in [1.82, 2.24) is 14.5 Å². The van der Waals surface area contributed by atoms with Gasteiger partial charge in [-0.1, -0.05) is 24.3 Å². The van der Waals surface area contributed by atoms with Crippen LogP contribution in [-0.2, 0) is 6.54 Å². The lowest BCUT2D eigenvalue weighted by molar-refractivity contribution is 0.220. The molecular weight excluding hydrogens is 318 g/mol. The normalized spacial score (nSPS) is 21.8. The Hall–Kier alpha value is -2.65. The number of nitrogens with zero attached hydrogens (tertiary/aromatic N) is 3. The number of hydrogen-bond acceptors (Lipinski definition) is 2. The van der Waals surface area contributed by atoms with E-state index in [4.69, 9.17) is 0 Å². The Morgan fingerprint density at radius 2 is 1.81 bits per heavy atom. The highest BCUT2D eigenvalue weighted by molar-refractivity contribution is 5.89. The summed E-state index contributed by atoms with van der Waals surface area (Å²) >= 11 is 0. The van der Waals surface area contributed by atoms with Crippen LogP contribution in [0.2, 0.25) is 0 Å². The Kier molecular flexibility index (Phi) is 3.03. The molecule has 26 heavy (non-hydrogen) atoms. The van der Waals surface area contributed by atoms with Crippen molar-refractivity contribution in [2.24, 2.45) is 0 Å². The number of para-hydroxylation sites is 1. The maximum absolute atomic E-state index is 4.26. The first-order chi connectivity index (χ1) is 12.9. The Labute approximate surface area is 152 Å². The van der Waals surface area contributed by atoms with Crippen molar-refractivity contribution in [3.63, 3.8) is 0 Å². The van der Waals surface area contributed by atoms with E-state index in [0.717, 1.165) is 6.54 Å². The fourth-order valence-electron chi connectivity index (χ4n) is 5.00.